The molecule has 2 rings (SSSR count). The molecule has 4 heteroatoms. The summed E-state index contributed by atoms with van der Waals surface area (Å²) in [6.45, 7) is 4.29. The van der Waals surface area contributed by atoms with Gasteiger partial charge < -0.3 is 15.4 Å². The molecule has 0 atom stereocenters. The van der Waals surface area contributed by atoms with Gasteiger partial charge in [0.15, 0.2) is 0 Å². The summed E-state index contributed by atoms with van der Waals surface area (Å²) >= 11 is 0. The van der Waals surface area contributed by atoms with Crippen molar-refractivity contribution in [1.29, 1.82) is 0 Å². The van der Waals surface area contributed by atoms with E-state index in [0.717, 1.165) is 38.1 Å². The Labute approximate surface area is 120 Å². The minimum atomic E-state index is 0.0578. The first-order valence-corrected chi connectivity index (χ1v) is 7.13. The monoisotopic (exact) mass is 274 g/mol. The van der Waals surface area contributed by atoms with Crippen molar-refractivity contribution in [2.75, 3.05) is 25.4 Å². The maximum Gasteiger partial charge on any atom is 0.246 e. The maximum absolute atomic E-state index is 12.1. The highest BCUT2D eigenvalue weighted by Gasteiger charge is 2.21. The number of nitrogens with zero attached hydrogens (tertiary/aromatic N) is 1. The number of rotatable bonds is 4. The topological polar surface area (TPSA) is 55.6 Å². The molecule has 1 heterocycles. The highest BCUT2D eigenvalue weighted by atomic mass is 16.5. The molecule has 1 aliphatic heterocycles. The van der Waals surface area contributed by atoms with Gasteiger partial charge in [-0.1, -0.05) is 12.1 Å². The number of anilines is 1. The van der Waals surface area contributed by atoms with Crippen LogP contribution in [-0.4, -0.2) is 36.6 Å². The fraction of sp³-hybridized carbons (Fsp3) is 0.438. The molecule has 4 nitrogen and oxygen atoms in total. The van der Waals surface area contributed by atoms with Crippen LogP contribution in [0.5, 0.6) is 0 Å². The van der Waals surface area contributed by atoms with Crippen LogP contribution < -0.4 is 5.73 Å². The number of hydrogen-bond acceptors (Lipinski definition) is 3. The number of piperidine rings is 1. The van der Waals surface area contributed by atoms with Gasteiger partial charge in [0.2, 0.25) is 5.91 Å². The molecule has 1 amide bonds. The van der Waals surface area contributed by atoms with E-state index in [-0.39, 0.29) is 5.91 Å². The Morgan fingerprint density at radius 2 is 2.20 bits per heavy atom. The summed E-state index contributed by atoms with van der Waals surface area (Å²) in [7, 11) is 0. The van der Waals surface area contributed by atoms with Crippen molar-refractivity contribution in [3.8, 4) is 0 Å². The van der Waals surface area contributed by atoms with Crippen molar-refractivity contribution in [2.45, 2.75) is 25.9 Å². The Hall–Kier alpha value is -1.81. The van der Waals surface area contributed by atoms with Gasteiger partial charge in [0, 0.05) is 31.5 Å². The number of nitrogen functional groups attached to an aromatic ring is 1. The van der Waals surface area contributed by atoms with Crippen molar-refractivity contribution < 1.29 is 9.53 Å². The Bertz CT molecular complexity index is 477. The van der Waals surface area contributed by atoms with Crippen LogP contribution >= 0.6 is 0 Å². The van der Waals surface area contributed by atoms with E-state index in [1.807, 2.05) is 42.2 Å². The summed E-state index contributed by atoms with van der Waals surface area (Å²) in [5.74, 6) is 0.0578. The van der Waals surface area contributed by atoms with Crippen molar-refractivity contribution >= 4 is 17.7 Å². The molecule has 1 saturated heterocycles. The average molecular weight is 274 g/mol. The summed E-state index contributed by atoms with van der Waals surface area (Å²) in [4.78, 5) is 14.0. The molecule has 0 spiro atoms. The molecular weight excluding hydrogens is 252 g/mol. The molecule has 108 valence electrons. The van der Waals surface area contributed by atoms with E-state index in [4.69, 9.17) is 10.5 Å². The smallest absolute Gasteiger partial charge is 0.246 e. The second-order valence-electron chi connectivity index (χ2n) is 4.98. The number of hydrogen-bond donors (Lipinski definition) is 1. The zero-order valence-corrected chi connectivity index (χ0v) is 11.9. The van der Waals surface area contributed by atoms with Gasteiger partial charge in [0.25, 0.3) is 0 Å². The van der Waals surface area contributed by atoms with Crippen molar-refractivity contribution in [3.05, 3.63) is 35.9 Å². The summed E-state index contributed by atoms with van der Waals surface area (Å²) in [5, 5.41) is 0. The standard InChI is InChI=1S/C16H22N2O2/c1-2-20-15-8-10-18(11-9-15)16(19)7-6-13-4-3-5-14(17)12-13/h3-7,12,15H,2,8-11,17H2,1H3/b7-6+. The molecular formula is C16H22N2O2. The van der Waals surface area contributed by atoms with Crippen LogP contribution in [0.1, 0.15) is 25.3 Å². The van der Waals surface area contributed by atoms with Crippen molar-refractivity contribution in [1.82, 2.24) is 4.90 Å². The molecule has 0 aliphatic carbocycles. The molecule has 0 unspecified atom stereocenters. The molecule has 1 aromatic rings. The van der Waals surface area contributed by atoms with Gasteiger partial charge in [-0.2, -0.15) is 0 Å². The minimum absolute atomic E-state index is 0.0578. The highest BCUT2D eigenvalue weighted by molar-refractivity contribution is 5.91. The lowest BCUT2D eigenvalue weighted by Crippen LogP contribution is -2.40. The molecule has 1 aliphatic rings. The summed E-state index contributed by atoms with van der Waals surface area (Å²) in [5.41, 5.74) is 7.36. The molecule has 0 aromatic heterocycles. The number of carbonyl (C=O) groups is 1. The molecule has 1 fully saturated rings. The van der Waals surface area contributed by atoms with Gasteiger partial charge in [-0.3, -0.25) is 4.79 Å². The predicted octanol–water partition coefficient (Wildman–Crippen LogP) is 2.31. The third kappa shape index (κ3) is 4.10. The quantitative estimate of drug-likeness (QED) is 0.677. The molecule has 0 bridgehead atoms. The van der Waals surface area contributed by atoms with Gasteiger partial charge in [0.05, 0.1) is 6.10 Å². The average Bonchev–Trinajstić information content (AvgIpc) is 2.46. The van der Waals surface area contributed by atoms with E-state index >= 15 is 0 Å². The molecule has 0 saturated carbocycles. The normalized spacial score (nSPS) is 16.8. The van der Waals surface area contributed by atoms with Crippen LogP contribution in [-0.2, 0) is 9.53 Å². The number of likely N-dealkylation sites (tertiary alicyclic amines) is 1. The van der Waals surface area contributed by atoms with Gasteiger partial charge in [-0.25, -0.2) is 0 Å². The van der Waals surface area contributed by atoms with Crippen molar-refractivity contribution in [2.24, 2.45) is 0 Å². The second-order valence-corrected chi connectivity index (χ2v) is 4.98. The fourth-order valence-corrected chi connectivity index (χ4v) is 2.41. The van der Waals surface area contributed by atoms with Crippen LogP contribution in [0, 0.1) is 0 Å². The van der Waals surface area contributed by atoms with Crippen LogP contribution in [0.15, 0.2) is 30.3 Å². The van der Waals surface area contributed by atoms with E-state index in [2.05, 4.69) is 0 Å². The van der Waals surface area contributed by atoms with Crippen LogP contribution in [0.2, 0.25) is 0 Å². The van der Waals surface area contributed by atoms with Crippen LogP contribution in [0.25, 0.3) is 6.08 Å². The highest BCUT2D eigenvalue weighted by Crippen LogP contribution is 2.14. The SMILES string of the molecule is CCOC1CCN(C(=O)/C=C/c2cccc(N)c2)CC1. The van der Waals surface area contributed by atoms with Crippen molar-refractivity contribution in [3.63, 3.8) is 0 Å². The van der Waals surface area contributed by atoms with E-state index in [9.17, 15) is 4.79 Å². The van der Waals surface area contributed by atoms with Gasteiger partial charge in [-0.05, 0) is 43.5 Å². The summed E-state index contributed by atoms with van der Waals surface area (Å²) in [6, 6.07) is 7.50. The summed E-state index contributed by atoms with van der Waals surface area (Å²) < 4.78 is 5.58. The lowest BCUT2D eigenvalue weighted by Gasteiger charge is -2.31. The third-order valence-corrected chi connectivity index (χ3v) is 3.49. The third-order valence-electron chi connectivity index (χ3n) is 3.49. The zero-order chi connectivity index (χ0) is 14.4. The van der Waals surface area contributed by atoms with Crippen LogP contribution in [0.3, 0.4) is 0 Å². The van der Waals surface area contributed by atoms with Gasteiger partial charge in [-0.15, -0.1) is 0 Å². The number of carbonyl (C=O) groups excluding carboxylic acids is 1. The molecule has 20 heavy (non-hydrogen) atoms. The zero-order valence-electron chi connectivity index (χ0n) is 11.9. The first kappa shape index (κ1) is 14.6. The van der Waals surface area contributed by atoms with Gasteiger partial charge in [0.1, 0.15) is 0 Å². The summed E-state index contributed by atoms with van der Waals surface area (Å²) in [6.07, 6.45) is 5.59. The van der Waals surface area contributed by atoms with Gasteiger partial charge >= 0.3 is 0 Å². The fourth-order valence-electron chi connectivity index (χ4n) is 2.41. The Morgan fingerprint density at radius 3 is 2.85 bits per heavy atom. The molecule has 1 aromatic carbocycles. The van der Waals surface area contributed by atoms with E-state index in [0.29, 0.717) is 11.8 Å². The predicted molar refractivity (Wildman–Crippen MR) is 81.1 cm³/mol. The number of ether oxygens (including phenoxy) is 1. The maximum atomic E-state index is 12.1. The van der Waals surface area contributed by atoms with E-state index in [1.54, 1.807) is 6.08 Å². The van der Waals surface area contributed by atoms with Crippen LogP contribution in [0.4, 0.5) is 5.69 Å². The molecule has 2 N–H and O–H groups in total. The second kappa shape index (κ2) is 7.10. The van der Waals surface area contributed by atoms with E-state index < -0.39 is 0 Å². The lowest BCUT2D eigenvalue weighted by molar-refractivity contribution is -0.128. The Balaban J connectivity index is 1.86. The minimum Gasteiger partial charge on any atom is -0.399 e. The van der Waals surface area contributed by atoms with E-state index in [1.165, 1.54) is 0 Å². The Kier molecular flexibility index (Phi) is 5.18. The lowest BCUT2D eigenvalue weighted by atomic mass is 10.1. The molecule has 0 radical (unpaired) electrons. The number of benzene rings is 1. The first-order chi connectivity index (χ1) is 9.69. The largest absolute Gasteiger partial charge is 0.399 e. The first-order valence-electron chi connectivity index (χ1n) is 7.13. The number of amides is 1. The Morgan fingerprint density at radius 1 is 1.45 bits per heavy atom. The number of nitrogens with two attached hydrogens (primary N) is 1.